The van der Waals surface area contributed by atoms with E-state index in [4.69, 9.17) is 19.6 Å². The van der Waals surface area contributed by atoms with Gasteiger partial charge in [0, 0.05) is 26.8 Å². The second-order valence-corrected chi connectivity index (χ2v) is 23.0. The number of rotatable bonds is 7. The van der Waals surface area contributed by atoms with E-state index in [1.165, 1.54) is 14.2 Å². The Hall–Kier alpha value is -3.96. The first-order valence-corrected chi connectivity index (χ1v) is 25.2. The van der Waals surface area contributed by atoms with Crippen molar-refractivity contribution >= 4 is 95.7 Å². The molecule has 0 spiro atoms. The van der Waals surface area contributed by atoms with Gasteiger partial charge in [0.25, 0.3) is 0 Å². The lowest BCUT2D eigenvalue weighted by Crippen LogP contribution is -2.18. The summed E-state index contributed by atoms with van der Waals surface area (Å²) >= 11 is 13.3. The maximum Gasteiger partial charge on any atom is 0.412 e. The van der Waals surface area contributed by atoms with E-state index >= 15 is 0 Å². The Bertz CT molecular complexity index is 2150. The van der Waals surface area contributed by atoms with Crippen LogP contribution in [0.2, 0.25) is 26.2 Å². The number of methoxy groups -OCH3 is 2. The fourth-order valence-corrected chi connectivity index (χ4v) is 6.62. The Balaban J connectivity index is 0.000000266. The van der Waals surface area contributed by atoms with E-state index < -0.39 is 26.0 Å². The average Bonchev–Trinajstić information content (AvgIpc) is 4.00. The first-order valence-electron chi connectivity index (χ1n) is 17.7. The van der Waals surface area contributed by atoms with E-state index in [0.717, 1.165) is 30.1 Å². The van der Waals surface area contributed by atoms with Crippen molar-refractivity contribution < 1.29 is 48.3 Å². The molecule has 1 aliphatic heterocycles. The van der Waals surface area contributed by atoms with E-state index in [9.17, 15) is 19.2 Å². The Morgan fingerprint density at radius 2 is 1.00 bits per heavy atom. The molecule has 15 heteroatoms. The van der Waals surface area contributed by atoms with Gasteiger partial charge in [-0.2, -0.15) is 0 Å². The largest absolute Gasteiger partial charge is 0.478 e. The van der Waals surface area contributed by atoms with Crippen LogP contribution in [0, 0.1) is 13.8 Å². The number of aromatic carboxylic acids is 1. The maximum atomic E-state index is 11.9. The number of hydrogen-bond donors (Lipinski definition) is 1. The van der Waals surface area contributed by atoms with Crippen LogP contribution in [0.5, 0.6) is 0 Å². The van der Waals surface area contributed by atoms with Gasteiger partial charge in [-0.1, -0.05) is 145 Å². The number of ether oxygens (including phenoxy) is 3. The third kappa shape index (κ3) is 17.3. The molecule has 1 heterocycles. The van der Waals surface area contributed by atoms with Crippen LogP contribution in [-0.2, 0) is 35.3 Å². The maximum absolute atomic E-state index is 11.9. The monoisotopic (exact) mass is 1080 g/mol. The van der Waals surface area contributed by atoms with Gasteiger partial charge in [-0.3, -0.25) is 0 Å². The van der Waals surface area contributed by atoms with E-state index in [1.807, 2.05) is 61.5 Å². The zero-order valence-electron chi connectivity index (χ0n) is 33.8. The van der Waals surface area contributed by atoms with Gasteiger partial charge >= 0.3 is 29.9 Å². The van der Waals surface area contributed by atoms with Gasteiger partial charge in [0.15, 0.2) is 0 Å². The molecule has 314 valence electrons. The van der Waals surface area contributed by atoms with Gasteiger partial charge in [-0.15, -0.1) is 9.78 Å². The molecule has 5 aromatic carbocycles. The summed E-state index contributed by atoms with van der Waals surface area (Å²) in [5, 5.41) is 9.29. The van der Waals surface area contributed by atoms with Gasteiger partial charge in [0.1, 0.15) is 0 Å². The average molecular weight is 1080 g/mol. The van der Waals surface area contributed by atoms with E-state index in [-0.39, 0.29) is 11.9 Å². The highest BCUT2D eigenvalue weighted by molar-refractivity contribution is 9.11. The predicted molar refractivity (Wildman–Crippen MR) is 246 cm³/mol. The zero-order valence-corrected chi connectivity index (χ0v) is 41.2. The summed E-state index contributed by atoms with van der Waals surface area (Å²) in [4.78, 5) is 54.5. The van der Waals surface area contributed by atoms with Crippen molar-refractivity contribution in [2.75, 3.05) is 14.2 Å². The predicted octanol–water partition coefficient (Wildman–Crippen LogP) is 12.7. The number of halogens is 4. The molecule has 6 rings (SSSR count). The Morgan fingerprint density at radius 3 is 1.42 bits per heavy atom. The third-order valence-electron chi connectivity index (χ3n) is 7.43. The summed E-state index contributed by atoms with van der Waals surface area (Å²) in [6.45, 7) is 12.9. The summed E-state index contributed by atoms with van der Waals surface area (Å²) < 4.78 is 17.2. The van der Waals surface area contributed by atoms with Crippen molar-refractivity contribution in [3.63, 3.8) is 0 Å². The molecule has 1 aliphatic rings. The molecule has 1 saturated heterocycles. The van der Waals surface area contributed by atoms with Crippen molar-refractivity contribution in [2.24, 2.45) is 0 Å². The Kier molecular flexibility index (Phi) is 21.7. The molecule has 0 atom stereocenters. The second kappa shape index (κ2) is 25.0. The van der Waals surface area contributed by atoms with Crippen LogP contribution >= 0.6 is 63.7 Å². The standard InChI is InChI=1S/C14H10O4.C9H8Br2O2.C9H9BrO2.C8H7BrO2.C4H12Si/c15-13(11-7-3-1-4-8-11)16-14(17-18-14)12-9-5-2-6-10-12;1-13-9(12)6-3-2-4-8(11)7(6)5-10;1-6-7(9(11)12-2)4-3-5-8(6)10;1-5-6(8(10)11)3-2-4-7(5)9;1-5(2,3)4/h1-10H;2-4H,5H2,1H3;3-5H,1-2H3;2-4H,1H3,(H,10,11);1-4H3. The molecule has 10 nitrogen and oxygen atoms in total. The molecule has 0 unspecified atom stereocenters. The number of benzene rings is 5. The molecule has 0 aliphatic carbocycles. The molecular weight excluding hydrogens is 1040 g/mol. The minimum Gasteiger partial charge on any atom is -0.478 e. The van der Waals surface area contributed by atoms with E-state index in [0.29, 0.717) is 33.1 Å². The fraction of sp³-hybridized carbons (Fsp3) is 0.227. The van der Waals surface area contributed by atoms with Crippen molar-refractivity contribution in [3.8, 4) is 0 Å². The molecule has 1 fully saturated rings. The number of carboxylic acid groups (broad SMARTS) is 1. The second-order valence-electron chi connectivity index (χ2n) is 13.9. The molecule has 0 bridgehead atoms. The lowest BCUT2D eigenvalue weighted by Gasteiger charge is -2.08. The molecule has 1 N–H and O–H groups in total. The summed E-state index contributed by atoms with van der Waals surface area (Å²) in [6.07, 6.45) is 0. The SMILES string of the molecule is COC(=O)c1cccc(Br)c1C.COC(=O)c1cccc(Br)c1CBr.C[Si](C)(C)C.Cc1c(Br)cccc1C(=O)O.O=C(OC1(c2ccccc2)OO1)c1ccccc1. The van der Waals surface area contributed by atoms with Crippen LogP contribution < -0.4 is 0 Å². The number of carbonyl (C=O) groups is 4. The minimum atomic E-state index is -1.38. The lowest BCUT2D eigenvalue weighted by molar-refractivity contribution is -0.0279. The van der Waals surface area contributed by atoms with Crippen LogP contribution in [0.25, 0.3) is 0 Å². The number of carboxylic acids is 1. The number of hydrogen-bond acceptors (Lipinski definition) is 9. The molecule has 5 aromatic rings. The minimum absolute atomic E-state index is 0.297. The Morgan fingerprint density at radius 1 is 0.593 bits per heavy atom. The van der Waals surface area contributed by atoms with Crippen molar-refractivity contribution in [1.82, 2.24) is 0 Å². The highest BCUT2D eigenvalue weighted by Crippen LogP contribution is 2.42. The summed E-state index contributed by atoms with van der Waals surface area (Å²) in [5.74, 6) is -3.36. The van der Waals surface area contributed by atoms with E-state index in [2.05, 4.69) is 99.4 Å². The van der Waals surface area contributed by atoms with Gasteiger partial charge in [-0.25, -0.2) is 19.2 Å². The number of alkyl halides is 1. The summed E-state index contributed by atoms with van der Waals surface area (Å²) in [5.41, 5.74) is 5.22. The quantitative estimate of drug-likeness (QED) is 0.0418. The summed E-state index contributed by atoms with van der Waals surface area (Å²) in [6, 6.07) is 33.7. The van der Waals surface area contributed by atoms with Crippen molar-refractivity contribution in [2.45, 2.75) is 51.3 Å². The van der Waals surface area contributed by atoms with Gasteiger partial charge in [-0.05, 0) is 91.2 Å². The highest BCUT2D eigenvalue weighted by Gasteiger charge is 2.56. The van der Waals surface area contributed by atoms with Crippen LogP contribution in [-0.4, -0.2) is 51.3 Å². The summed E-state index contributed by atoms with van der Waals surface area (Å²) in [7, 11) is 2.14. The van der Waals surface area contributed by atoms with Crippen LogP contribution in [0.1, 0.15) is 63.7 Å². The van der Waals surface area contributed by atoms with Gasteiger partial charge in [0.05, 0.1) is 42.0 Å². The molecular formula is C44H46Br4O10Si. The van der Waals surface area contributed by atoms with Crippen molar-refractivity contribution in [3.05, 3.63) is 173 Å². The first-order chi connectivity index (χ1) is 27.8. The molecule has 59 heavy (non-hydrogen) atoms. The lowest BCUT2D eigenvalue weighted by atomic mass is 10.1. The number of carbonyl (C=O) groups excluding carboxylic acids is 3. The van der Waals surface area contributed by atoms with Crippen LogP contribution in [0.15, 0.2) is 129 Å². The van der Waals surface area contributed by atoms with Gasteiger partial charge < -0.3 is 19.3 Å². The van der Waals surface area contributed by atoms with E-state index in [1.54, 1.807) is 67.6 Å². The van der Waals surface area contributed by atoms with Crippen molar-refractivity contribution in [1.29, 1.82) is 0 Å². The van der Waals surface area contributed by atoms with Crippen LogP contribution in [0.3, 0.4) is 0 Å². The smallest absolute Gasteiger partial charge is 0.412 e. The molecule has 0 amide bonds. The molecule has 0 radical (unpaired) electrons. The third-order valence-corrected chi connectivity index (χ3v) is 10.4. The van der Waals surface area contributed by atoms with Gasteiger partial charge in [0.2, 0.25) is 0 Å². The highest BCUT2D eigenvalue weighted by atomic mass is 79.9. The first kappa shape index (κ1) is 51.2. The normalized spacial score (nSPS) is 11.8. The topological polar surface area (TPSA) is 141 Å². The molecule has 0 saturated carbocycles. The molecule has 0 aromatic heterocycles. The van der Waals surface area contributed by atoms with Crippen LogP contribution in [0.4, 0.5) is 0 Å². The zero-order chi connectivity index (χ0) is 44.3. The Labute approximate surface area is 380 Å². The fourth-order valence-electron chi connectivity index (χ4n) is 4.40. The number of esters is 3.